The van der Waals surface area contributed by atoms with Crippen LogP contribution in [0, 0.1) is 18.6 Å². The summed E-state index contributed by atoms with van der Waals surface area (Å²) in [5.41, 5.74) is 0.610. The normalized spacial score (nSPS) is 10.2. The van der Waals surface area contributed by atoms with Crippen molar-refractivity contribution in [3.05, 3.63) is 59.2 Å². The molecule has 0 saturated heterocycles. The van der Waals surface area contributed by atoms with E-state index in [9.17, 15) is 13.6 Å². The van der Waals surface area contributed by atoms with Gasteiger partial charge in [0.05, 0.1) is 12.7 Å². The number of benzene rings is 2. The van der Waals surface area contributed by atoms with Crippen molar-refractivity contribution >= 4 is 11.6 Å². The number of ether oxygens (including phenoxy) is 1. The quantitative estimate of drug-likeness (QED) is 0.932. The van der Waals surface area contributed by atoms with Crippen LogP contribution in [0.2, 0.25) is 0 Å². The zero-order valence-electron chi connectivity index (χ0n) is 11.0. The topological polar surface area (TPSA) is 38.3 Å². The number of hydrogen-bond acceptors (Lipinski definition) is 2. The molecule has 1 amide bonds. The first-order chi connectivity index (χ1) is 9.51. The number of carbonyl (C=O) groups excluding carboxylic acids is 1. The summed E-state index contributed by atoms with van der Waals surface area (Å²) in [6, 6.07) is 8.19. The molecule has 0 unspecified atom stereocenters. The Morgan fingerprint density at radius 1 is 1.10 bits per heavy atom. The van der Waals surface area contributed by atoms with E-state index in [1.54, 1.807) is 13.0 Å². The van der Waals surface area contributed by atoms with Crippen LogP contribution in [-0.2, 0) is 0 Å². The van der Waals surface area contributed by atoms with Gasteiger partial charge < -0.3 is 10.1 Å². The van der Waals surface area contributed by atoms with Crippen molar-refractivity contribution in [2.24, 2.45) is 0 Å². The Morgan fingerprint density at radius 2 is 1.85 bits per heavy atom. The lowest BCUT2D eigenvalue weighted by Crippen LogP contribution is -2.14. The van der Waals surface area contributed by atoms with Crippen molar-refractivity contribution in [2.75, 3.05) is 12.4 Å². The first-order valence-corrected chi connectivity index (χ1v) is 5.92. The molecule has 0 spiro atoms. The number of methoxy groups -OCH3 is 1. The van der Waals surface area contributed by atoms with Crippen molar-refractivity contribution in [1.82, 2.24) is 0 Å². The van der Waals surface area contributed by atoms with Gasteiger partial charge in [0.1, 0.15) is 17.4 Å². The van der Waals surface area contributed by atoms with Crippen LogP contribution in [-0.4, -0.2) is 13.0 Å². The van der Waals surface area contributed by atoms with E-state index < -0.39 is 17.5 Å². The standard InChI is InChI=1S/C15H13F2NO2/c1-9-3-4-10(7-13(9)16)18-15(19)12-6-5-11(20-2)8-14(12)17/h3-8H,1-2H3,(H,18,19). The van der Waals surface area contributed by atoms with Crippen molar-refractivity contribution in [1.29, 1.82) is 0 Å². The van der Waals surface area contributed by atoms with E-state index in [-0.39, 0.29) is 11.3 Å². The van der Waals surface area contributed by atoms with Gasteiger partial charge in [0.2, 0.25) is 0 Å². The van der Waals surface area contributed by atoms with E-state index in [0.29, 0.717) is 11.3 Å². The van der Waals surface area contributed by atoms with Crippen molar-refractivity contribution < 1.29 is 18.3 Å². The molecule has 20 heavy (non-hydrogen) atoms. The van der Waals surface area contributed by atoms with E-state index in [1.165, 1.54) is 31.4 Å². The lowest BCUT2D eigenvalue weighted by Gasteiger charge is -2.08. The second-order valence-electron chi connectivity index (χ2n) is 4.26. The highest BCUT2D eigenvalue weighted by atomic mass is 19.1. The molecular weight excluding hydrogens is 264 g/mol. The zero-order chi connectivity index (χ0) is 14.7. The van der Waals surface area contributed by atoms with Gasteiger partial charge in [-0.25, -0.2) is 8.78 Å². The van der Waals surface area contributed by atoms with Crippen LogP contribution in [0.1, 0.15) is 15.9 Å². The second kappa shape index (κ2) is 5.69. The Hall–Kier alpha value is -2.43. The number of amides is 1. The number of halogens is 2. The van der Waals surface area contributed by atoms with Gasteiger partial charge in [0, 0.05) is 11.8 Å². The summed E-state index contributed by atoms with van der Waals surface area (Å²) in [7, 11) is 1.41. The number of aryl methyl sites for hydroxylation is 1. The van der Waals surface area contributed by atoms with E-state index >= 15 is 0 Å². The second-order valence-corrected chi connectivity index (χ2v) is 4.26. The Bertz CT molecular complexity index is 656. The number of rotatable bonds is 3. The predicted octanol–water partition coefficient (Wildman–Crippen LogP) is 3.53. The van der Waals surface area contributed by atoms with Crippen LogP contribution in [0.3, 0.4) is 0 Å². The van der Waals surface area contributed by atoms with Gasteiger partial charge in [-0.2, -0.15) is 0 Å². The lowest BCUT2D eigenvalue weighted by molar-refractivity contribution is 0.102. The summed E-state index contributed by atoms with van der Waals surface area (Å²) in [4.78, 5) is 11.9. The van der Waals surface area contributed by atoms with Crippen molar-refractivity contribution in [2.45, 2.75) is 6.92 Å². The van der Waals surface area contributed by atoms with Gasteiger partial charge in [0.15, 0.2) is 0 Å². The first kappa shape index (κ1) is 14.0. The minimum Gasteiger partial charge on any atom is -0.497 e. The monoisotopic (exact) mass is 277 g/mol. The molecule has 0 radical (unpaired) electrons. The fourth-order valence-electron chi connectivity index (χ4n) is 1.68. The van der Waals surface area contributed by atoms with E-state index in [1.807, 2.05) is 0 Å². The van der Waals surface area contributed by atoms with Crippen LogP contribution in [0.25, 0.3) is 0 Å². The molecule has 0 aromatic heterocycles. The summed E-state index contributed by atoms with van der Waals surface area (Å²) < 4.78 is 31.9. The van der Waals surface area contributed by atoms with Crippen LogP contribution in [0.5, 0.6) is 5.75 Å². The van der Waals surface area contributed by atoms with Crippen molar-refractivity contribution in [3.63, 3.8) is 0 Å². The molecule has 5 heteroatoms. The predicted molar refractivity (Wildman–Crippen MR) is 72.0 cm³/mol. The Kier molecular flexibility index (Phi) is 3.98. The van der Waals surface area contributed by atoms with Gasteiger partial charge in [-0.05, 0) is 36.8 Å². The fourth-order valence-corrected chi connectivity index (χ4v) is 1.68. The third-order valence-corrected chi connectivity index (χ3v) is 2.85. The number of nitrogens with one attached hydrogen (secondary N) is 1. The first-order valence-electron chi connectivity index (χ1n) is 5.92. The zero-order valence-corrected chi connectivity index (χ0v) is 11.0. The summed E-state index contributed by atoms with van der Waals surface area (Å²) in [6.07, 6.45) is 0. The molecule has 104 valence electrons. The van der Waals surface area contributed by atoms with Gasteiger partial charge >= 0.3 is 0 Å². The largest absolute Gasteiger partial charge is 0.497 e. The molecule has 0 saturated carbocycles. The highest BCUT2D eigenvalue weighted by Gasteiger charge is 2.13. The minimum atomic E-state index is -0.700. The van der Waals surface area contributed by atoms with E-state index in [4.69, 9.17) is 4.74 Å². The average Bonchev–Trinajstić information content (AvgIpc) is 2.42. The maximum Gasteiger partial charge on any atom is 0.258 e. The maximum atomic E-state index is 13.7. The number of hydrogen-bond donors (Lipinski definition) is 1. The fraction of sp³-hybridized carbons (Fsp3) is 0.133. The SMILES string of the molecule is COc1ccc(C(=O)Nc2ccc(C)c(F)c2)c(F)c1. The molecule has 2 aromatic rings. The molecule has 2 aromatic carbocycles. The lowest BCUT2D eigenvalue weighted by atomic mass is 10.1. The van der Waals surface area contributed by atoms with Gasteiger partial charge in [0.25, 0.3) is 5.91 Å². The molecule has 0 aliphatic heterocycles. The van der Waals surface area contributed by atoms with Gasteiger partial charge in [-0.15, -0.1) is 0 Å². The summed E-state index contributed by atoms with van der Waals surface area (Å²) in [5, 5.41) is 2.44. The minimum absolute atomic E-state index is 0.133. The van der Waals surface area contributed by atoms with Crippen LogP contribution < -0.4 is 10.1 Å². The average molecular weight is 277 g/mol. The van der Waals surface area contributed by atoms with Gasteiger partial charge in [-0.1, -0.05) is 6.07 Å². The Labute approximate surface area is 115 Å². The van der Waals surface area contributed by atoms with Crippen LogP contribution in [0.15, 0.2) is 36.4 Å². The number of anilines is 1. The molecule has 0 bridgehead atoms. The summed E-state index contributed by atoms with van der Waals surface area (Å²) in [5.74, 6) is -1.46. The molecule has 0 aliphatic carbocycles. The number of carbonyl (C=O) groups is 1. The van der Waals surface area contributed by atoms with Crippen LogP contribution >= 0.6 is 0 Å². The third kappa shape index (κ3) is 2.93. The maximum absolute atomic E-state index is 13.7. The summed E-state index contributed by atoms with van der Waals surface area (Å²) >= 11 is 0. The molecule has 3 nitrogen and oxygen atoms in total. The Balaban J connectivity index is 2.21. The Morgan fingerprint density at radius 3 is 2.45 bits per heavy atom. The molecular formula is C15H13F2NO2. The molecule has 0 aliphatic rings. The third-order valence-electron chi connectivity index (χ3n) is 2.85. The highest BCUT2D eigenvalue weighted by molar-refractivity contribution is 6.04. The summed E-state index contributed by atoms with van der Waals surface area (Å²) in [6.45, 7) is 1.62. The van der Waals surface area contributed by atoms with E-state index in [0.717, 1.165) is 6.07 Å². The van der Waals surface area contributed by atoms with Crippen LogP contribution in [0.4, 0.5) is 14.5 Å². The molecule has 0 heterocycles. The smallest absolute Gasteiger partial charge is 0.258 e. The molecule has 0 atom stereocenters. The molecule has 0 fully saturated rings. The van der Waals surface area contributed by atoms with E-state index in [2.05, 4.69) is 5.32 Å². The van der Waals surface area contributed by atoms with Crippen molar-refractivity contribution in [3.8, 4) is 5.75 Å². The molecule has 1 N–H and O–H groups in total. The molecule has 2 rings (SSSR count). The highest BCUT2D eigenvalue weighted by Crippen LogP contribution is 2.19. The van der Waals surface area contributed by atoms with Gasteiger partial charge in [-0.3, -0.25) is 4.79 Å².